The Bertz CT molecular complexity index is 3570. The number of hydrogen-bond donors (Lipinski definition) is 0. The van der Waals surface area contributed by atoms with Gasteiger partial charge in [0, 0.05) is 47.6 Å². The predicted octanol–water partition coefficient (Wildman–Crippen LogP) is 14.8. The van der Waals surface area contributed by atoms with Crippen molar-refractivity contribution >= 4 is 75.0 Å². The molecule has 0 N–H and O–H groups in total. The zero-order valence-electron chi connectivity index (χ0n) is 31.1. The monoisotopic (exact) mass is 757 g/mol. The largest absolute Gasteiger partial charge is 0.456 e. The summed E-state index contributed by atoms with van der Waals surface area (Å²) in [6, 6.07) is 66.3. The molecule has 0 aliphatic heterocycles. The molecule has 5 heteroatoms. The van der Waals surface area contributed by atoms with Gasteiger partial charge in [-0.2, -0.15) is 0 Å². The van der Waals surface area contributed by atoms with Crippen molar-refractivity contribution in [3.8, 4) is 56.4 Å². The smallest absolute Gasteiger partial charge is 0.164 e. The van der Waals surface area contributed by atoms with E-state index in [1.807, 2.05) is 6.07 Å². The first-order chi connectivity index (χ1) is 28.7. The van der Waals surface area contributed by atoms with Crippen molar-refractivity contribution in [3.63, 3.8) is 0 Å². The van der Waals surface area contributed by atoms with Crippen LogP contribution in [0.4, 0.5) is 0 Å². The summed E-state index contributed by atoms with van der Waals surface area (Å²) in [5, 5.41) is 9.33. The van der Waals surface area contributed by atoms with Crippen LogP contribution in [0.1, 0.15) is 0 Å². The number of thiophene rings is 1. The van der Waals surface area contributed by atoms with Crippen LogP contribution in [0.5, 0.6) is 0 Å². The lowest BCUT2D eigenvalue weighted by atomic mass is 9.97. The first-order valence-electron chi connectivity index (χ1n) is 19.4. The summed E-state index contributed by atoms with van der Waals surface area (Å²) in [7, 11) is 0. The molecule has 0 bridgehead atoms. The zero-order valence-corrected chi connectivity index (χ0v) is 31.9. The van der Waals surface area contributed by atoms with E-state index in [1.165, 1.54) is 42.1 Å². The summed E-state index contributed by atoms with van der Waals surface area (Å²) < 4.78 is 8.96. The van der Waals surface area contributed by atoms with Crippen molar-refractivity contribution in [2.45, 2.75) is 0 Å². The molecule has 58 heavy (non-hydrogen) atoms. The second-order valence-electron chi connectivity index (χ2n) is 14.8. The standard InChI is InChI=1S/C53H31N3OS/c1-3-11-32(12-4-1)35-19-20-37-28-38(22-21-36(37)27-35)51-54-52(39-23-25-42-46(30-39)57-45-26-24-34-15-7-8-16-41(34)49(42)45)56-53(55-51)40-29-44(33-13-5-2-6-14-33)50-43-17-9-10-18-47(43)58-48(50)31-40/h1-31H. The fraction of sp³-hybridized carbons (Fsp3) is 0. The molecule has 0 aliphatic carbocycles. The molecule has 0 aliphatic rings. The first-order valence-corrected chi connectivity index (χ1v) is 20.2. The Morgan fingerprint density at radius 1 is 0.328 bits per heavy atom. The van der Waals surface area contributed by atoms with E-state index in [4.69, 9.17) is 19.4 Å². The van der Waals surface area contributed by atoms with Crippen molar-refractivity contribution in [2.24, 2.45) is 0 Å². The molecule has 12 rings (SSSR count). The summed E-state index contributed by atoms with van der Waals surface area (Å²) in [6.45, 7) is 0. The van der Waals surface area contributed by atoms with Crippen LogP contribution in [0, 0.1) is 0 Å². The molecule has 12 aromatic rings. The highest BCUT2D eigenvalue weighted by atomic mass is 32.1. The second-order valence-corrected chi connectivity index (χ2v) is 15.9. The third-order valence-corrected chi connectivity index (χ3v) is 12.4. The van der Waals surface area contributed by atoms with Gasteiger partial charge < -0.3 is 4.42 Å². The highest BCUT2D eigenvalue weighted by Crippen LogP contribution is 2.43. The third kappa shape index (κ3) is 5.40. The van der Waals surface area contributed by atoms with Crippen LogP contribution in [0.15, 0.2) is 192 Å². The predicted molar refractivity (Wildman–Crippen MR) is 242 cm³/mol. The van der Waals surface area contributed by atoms with Gasteiger partial charge in [0.15, 0.2) is 17.5 Å². The van der Waals surface area contributed by atoms with Gasteiger partial charge >= 0.3 is 0 Å². The topological polar surface area (TPSA) is 51.8 Å². The Balaban J connectivity index is 1.07. The first kappa shape index (κ1) is 32.7. The molecule has 0 atom stereocenters. The summed E-state index contributed by atoms with van der Waals surface area (Å²) in [4.78, 5) is 15.7. The molecule has 3 heterocycles. The minimum Gasteiger partial charge on any atom is -0.456 e. The van der Waals surface area contributed by atoms with Gasteiger partial charge in [-0.05, 0) is 92.3 Å². The number of hydrogen-bond acceptors (Lipinski definition) is 5. The van der Waals surface area contributed by atoms with E-state index in [9.17, 15) is 0 Å². The van der Waals surface area contributed by atoms with Crippen molar-refractivity contribution < 1.29 is 4.42 Å². The summed E-state index contributed by atoms with van der Waals surface area (Å²) in [5.41, 5.74) is 9.07. The van der Waals surface area contributed by atoms with E-state index < -0.39 is 0 Å². The summed E-state index contributed by atoms with van der Waals surface area (Å²) in [6.07, 6.45) is 0. The van der Waals surface area contributed by atoms with Gasteiger partial charge in [-0.15, -0.1) is 11.3 Å². The van der Waals surface area contributed by atoms with Crippen LogP contribution >= 0.6 is 11.3 Å². The number of aromatic nitrogens is 3. The SMILES string of the molecule is c1ccc(-c2ccc3cc(-c4nc(-c5ccc6c(c5)oc5ccc7ccccc7c56)nc(-c5cc(-c6ccccc6)c6c(c5)sc5ccccc56)n4)ccc3c2)cc1. The van der Waals surface area contributed by atoms with E-state index in [0.717, 1.165) is 60.5 Å². The molecule has 0 amide bonds. The Hall–Kier alpha value is -7.47. The molecular weight excluding hydrogens is 727 g/mol. The van der Waals surface area contributed by atoms with E-state index in [2.05, 4.69) is 182 Å². The van der Waals surface area contributed by atoms with Gasteiger partial charge in [0.05, 0.1) is 0 Å². The van der Waals surface area contributed by atoms with E-state index in [-0.39, 0.29) is 0 Å². The lowest BCUT2D eigenvalue weighted by Gasteiger charge is -2.12. The number of benzene rings is 9. The fourth-order valence-electron chi connectivity index (χ4n) is 8.47. The van der Waals surface area contributed by atoms with Crippen LogP contribution < -0.4 is 0 Å². The van der Waals surface area contributed by atoms with Crippen molar-refractivity contribution in [1.82, 2.24) is 15.0 Å². The van der Waals surface area contributed by atoms with Crippen molar-refractivity contribution in [2.75, 3.05) is 0 Å². The molecule has 4 nitrogen and oxygen atoms in total. The Morgan fingerprint density at radius 3 is 1.72 bits per heavy atom. The molecule has 0 unspecified atom stereocenters. The minimum atomic E-state index is 0.587. The second kappa shape index (κ2) is 13.1. The fourth-order valence-corrected chi connectivity index (χ4v) is 9.64. The molecule has 0 fully saturated rings. The van der Waals surface area contributed by atoms with Gasteiger partial charge in [-0.3, -0.25) is 0 Å². The van der Waals surface area contributed by atoms with Crippen molar-refractivity contribution in [1.29, 1.82) is 0 Å². The highest BCUT2D eigenvalue weighted by Gasteiger charge is 2.19. The average molecular weight is 758 g/mol. The van der Waals surface area contributed by atoms with E-state index in [1.54, 1.807) is 11.3 Å². The van der Waals surface area contributed by atoms with E-state index in [0.29, 0.717) is 17.5 Å². The van der Waals surface area contributed by atoms with Crippen LogP contribution in [-0.4, -0.2) is 15.0 Å². The average Bonchev–Trinajstić information content (AvgIpc) is 3.87. The number of nitrogens with zero attached hydrogens (tertiary/aromatic N) is 3. The maximum Gasteiger partial charge on any atom is 0.164 e. The summed E-state index contributed by atoms with van der Waals surface area (Å²) >= 11 is 1.80. The van der Waals surface area contributed by atoms with Gasteiger partial charge in [0.1, 0.15) is 11.2 Å². The maximum absolute atomic E-state index is 6.51. The number of rotatable bonds is 5. The van der Waals surface area contributed by atoms with Crippen molar-refractivity contribution in [3.05, 3.63) is 188 Å². The highest BCUT2D eigenvalue weighted by molar-refractivity contribution is 7.26. The molecule has 270 valence electrons. The Labute approximate surface area is 337 Å². The molecule has 0 radical (unpaired) electrons. The quantitative estimate of drug-likeness (QED) is 0.175. The molecule has 0 saturated carbocycles. The van der Waals surface area contributed by atoms with Gasteiger partial charge in [0.25, 0.3) is 0 Å². The number of furan rings is 1. The molecule has 0 saturated heterocycles. The summed E-state index contributed by atoms with van der Waals surface area (Å²) in [5.74, 6) is 1.82. The zero-order chi connectivity index (χ0) is 38.2. The van der Waals surface area contributed by atoms with E-state index >= 15 is 0 Å². The lowest BCUT2D eigenvalue weighted by Crippen LogP contribution is -2.00. The van der Waals surface area contributed by atoms with Crippen LogP contribution in [0.3, 0.4) is 0 Å². The molecule has 0 spiro atoms. The van der Waals surface area contributed by atoms with Gasteiger partial charge in [0.2, 0.25) is 0 Å². The molecule has 9 aromatic carbocycles. The van der Waals surface area contributed by atoms with Gasteiger partial charge in [-0.1, -0.05) is 140 Å². The normalized spacial score (nSPS) is 11.8. The lowest BCUT2D eigenvalue weighted by molar-refractivity contribution is 0.669. The third-order valence-electron chi connectivity index (χ3n) is 11.3. The number of fused-ring (bicyclic) bond motifs is 9. The molecular formula is C53H31N3OS. The Kier molecular flexibility index (Phi) is 7.37. The Morgan fingerprint density at radius 2 is 0.931 bits per heavy atom. The van der Waals surface area contributed by atoms with Crippen LogP contribution in [-0.2, 0) is 0 Å². The molecule has 3 aromatic heterocycles. The van der Waals surface area contributed by atoms with Crippen LogP contribution in [0.2, 0.25) is 0 Å². The van der Waals surface area contributed by atoms with Crippen LogP contribution in [0.25, 0.3) is 120 Å². The maximum atomic E-state index is 6.51. The minimum absolute atomic E-state index is 0.587. The van der Waals surface area contributed by atoms with Gasteiger partial charge in [-0.25, -0.2) is 15.0 Å².